The van der Waals surface area contributed by atoms with Gasteiger partial charge in [0.2, 0.25) is 0 Å². The monoisotopic (exact) mass is 419 g/mol. The molecule has 0 saturated carbocycles. The second-order valence-electron chi connectivity index (χ2n) is 7.93. The summed E-state index contributed by atoms with van der Waals surface area (Å²) in [6.07, 6.45) is 6.34. The quantitative estimate of drug-likeness (QED) is 0.438. The number of aromatic amines is 1. The molecule has 3 N–H and O–H groups in total. The van der Waals surface area contributed by atoms with Crippen molar-refractivity contribution in [2.45, 2.75) is 38.0 Å². The number of rotatable bonds is 9. The van der Waals surface area contributed by atoms with Crippen LogP contribution in [0, 0.1) is 0 Å². The van der Waals surface area contributed by atoms with E-state index in [2.05, 4.69) is 15.3 Å². The third kappa shape index (κ3) is 5.45. The molecule has 1 atom stereocenters. The molecule has 1 aliphatic rings. The van der Waals surface area contributed by atoms with E-state index in [9.17, 15) is 9.90 Å². The lowest BCUT2D eigenvalue weighted by molar-refractivity contribution is -0.137. The summed E-state index contributed by atoms with van der Waals surface area (Å²) < 4.78 is 5.93. The number of hydrogen-bond acceptors (Lipinski definition) is 4. The minimum atomic E-state index is -0.809. The Morgan fingerprint density at radius 2 is 2.06 bits per heavy atom. The number of nitrogens with zero attached hydrogens (tertiary/aromatic N) is 1. The standard InChI is InChI=1S/C25H29N3O3/c29-25(30)16-21(18-7-2-1-3-8-18)22-17-28-23-15-19(10-11-20(22)23)31-14-6-13-27-24-9-4-5-12-26-24/h1-3,7-8,10-11,15,17,21,28H,4-6,9,12-14,16H2,(H,26,27)(H,29,30). The van der Waals surface area contributed by atoms with Crippen LogP contribution >= 0.6 is 0 Å². The first-order chi connectivity index (χ1) is 15.2. The number of fused-ring (bicyclic) bond motifs is 1. The first-order valence-corrected chi connectivity index (χ1v) is 11.0. The third-order valence-electron chi connectivity index (χ3n) is 5.68. The molecule has 6 heteroatoms. The molecule has 1 unspecified atom stereocenters. The average molecular weight is 420 g/mol. The van der Waals surface area contributed by atoms with Crippen molar-refractivity contribution in [3.05, 3.63) is 65.9 Å². The Bertz CT molecular complexity index is 1040. The van der Waals surface area contributed by atoms with Crippen LogP contribution in [-0.2, 0) is 4.79 Å². The Morgan fingerprint density at radius 3 is 2.84 bits per heavy atom. The van der Waals surface area contributed by atoms with Crippen LogP contribution in [0.5, 0.6) is 5.75 Å². The number of benzene rings is 2. The highest BCUT2D eigenvalue weighted by Crippen LogP contribution is 2.34. The highest BCUT2D eigenvalue weighted by atomic mass is 16.5. The molecule has 0 bridgehead atoms. The molecule has 0 saturated heterocycles. The highest BCUT2D eigenvalue weighted by molar-refractivity contribution is 5.86. The highest BCUT2D eigenvalue weighted by Gasteiger charge is 2.21. The van der Waals surface area contributed by atoms with Crippen LogP contribution in [0.2, 0.25) is 0 Å². The van der Waals surface area contributed by atoms with Crippen LogP contribution in [0.25, 0.3) is 10.9 Å². The van der Waals surface area contributed by atoms with Crippen molar-refractivity contribution < 1.29 is 14.6 Å². The third-order valence-corrected chi connectivity index (χ3v) is 5.68. The van der Waals surface area contributed by atoms with Crippen molar-refractivity contribution in [2.24, 2.45) is 4.99 Å². The van der Waals surface area contributed by atoms with E-state index in [0.717, 1.165) is 59.5 Å². The zero-order valence-corrected chi connectivity index (χ0v) is 17.6. The number of nitrogens with one attached hydrogen (secondary N) is 2. The number of H-pyrrole nitrogens is 1. The number of aliphatic carboxylic acids is 1. The summed E-state index contributed by atoms with van der Waals surface area (Å²) >= 11 is 0. The van der Waals surface area contributed by atoms with Crippen LogP contribution in [0.4, 0.5) is 0 Å². The number of aromatic nitrogens is 1. The molecular weight excluding hydrogens is 390 g/mol. The predicted octanol–water partition coefficient (Wildman–Crippen LogP) is 4.72. The van der Waals surface area contributed by atoms with Gasteiger partial charge in [0.05, 0.1) is 18.9 Å². The lowest BCUT2D eigenvalue weighted by Gasteiger charge is -2.15. The molecule has 3 aromatic rings. The Balaban J connectivity index is 1.40. The Kier molecular flexibility index (Phi) is 6.87. The van der Waals surface area contributed by atoms with Crippen LogP contribution in [-0.4, -0.2) is 41.6 Å². The molecule has 2 aromatic carbocycles. The van der Waals surface area contributed by atoms with Gasteiger partial charge in [0.25, 0.3) is 0 Å². The maximum atomic E-state index is 11.5. The number of carboxylic acid groups (broad SMARTS) is 1. The molecule has 162 valence electrons. The SMILES string of the molecule is O=C(O)CC(c1ccccc1)c1c[nH]c2cc(OCCCNC3=NCCCC3)ccc12. The molecule has 0 radical (unpaired) electrons. The van der Waals surface area contributed by atoms with E-state index in [-0.39, 0.29) is 12.3 Å². The fourth-order valence-corrected chi connectivity index (χ4v) is 4.11. The van der Waals surface area contributed by atoms with E-state index in [1.54, 1.807) is 0 Å². The van der Waals surface area contributed by atoms with Crippen molar-refractivity contribution in [1.82, 2.24) is 10.3 Å². The predicted molar refractivity (Wildman–Crippen MR) is 123 cm³/mol. The maximum absolute atomic E-state index is 11.5. The van der Waals surface area contributed by atoms with E-state index in [1.165, 1.54) is 12.8 Å². The number of carbonyl (C=O) groups is 1. The Morgan fingerprint density at radius 1 is 1.19 bits per heavy atom. The first-order valence-electron chi connectivity index (χ1n) is 11.0. The van der Waals surface area contributed by atoms with E-state index in [1.807, 2.05) is 54.7 Å². The minimum Gasteiger partial charge on any atom is -0.493 e. The van der Waals surface area contributed by atoms with Crippen LogP contribution in [0.3, 0.4) is 0 Å². The summed E-state index contributed by atoms with van der Waals surface area (Å²) in [6, 6.07) is 15.8. The van der Waals surface area contributed by atoms with Gasteiger partial charge in [-0.1, -0.05) is 30.3 Å². The van der Waals surface area contributed by atoms with Crippen molar-refractivity contribution in [3.63, 3.8) is 0 Å². The van der Waals surface area contributed by atoms with E-state index in [0.29, 0.717) is 6.61 Å². The summed E-state index contributed by atoms with van der Waals surface area (Å²) in [4.78, 5) is 19.3. The number of hydrogen-bond donors (Lipinski definition) is 3. The van der Waals surface area contributed by atoms with Crippen LogP contribution < -0.4 is 10.1 Å². The molecule has 31 heavy (non-hydrogen) atoms. The lowest BCUT2D eigenvalue weighted by atomic mass is 9.88. The van der Waals surface area contributed by atoms with Gasteiger partial charge in [-0.05, 0) is 42.5 Å². The smallest absolute Gasteiger partial charge is 0.304 e. The number of ether oxygens (including phenoxy) is 1. The van der Waals surface area contributed by atoms with Gasteiger partial charge in [0, 0.05) is 48.6 Å². The van der Waals surface area contributed by atoms with Gasteiger partial charge < -0.3 is 20.1 Å². The average Bonchev–Trinajstić information content (AvgIpc) is 3.21. The molecule has 1 aromatic heterocycles. The fourth-order valence-electron chi connectivity index (χ4n) is 4.11. The molecule has 0 amide bonds. The second-order valence-corrected chi connectivity index (χ2v) is 7.93. The van der Waals surface area contributed by atoms with Crippen molar-refractivity contribution in [1.29, 1.82) is 0 Å². The lowest BCUT2D eigenvalue weighted by Crippen LogP contribution is -2.27. The second kappa shape index (κ2) is 10.2. The molecule has 4 rings (SSSR count). The summed E-state index contributed by atoms with van der Waals surface area (Å²) in [5.41, 5.74) is 2.95. The molecule has 0 aliphatic carbocycles. The summed E-state index contributed by atoms with van der Waals surface area (Å²) in [7, 11) is 0. The normalized spacial score (nSPS) is 14.8. The summed E-state index contributed by atoms with van der Waals surface area (Å²) in [5.74, 6) is 0.926. The first kappa shape index (κ1) is 21.0. The molecule has 1 aliphatic heterocycles. The minimum absolute atomic E-state index is 0.0491. The largest absolute Gasteiger partial charge is 0.493 e. The zero-order chi connectivity index (χ0) is 21.5. The van der Waals surface area contributed by atoms with Crippen molar-refractivity contribution >= 4 is 22.7 Å². The summed E-state index contributed by atoms with van der Waals surface area (Å²) in [5, 5.41) is 13.9. The number of carboxylic acids is 1. The van der Waals surface area contributed by atoms with E-state index >= 15 is 0 Å². The van der Waals surface area contributed by atoms with Crippen LogP contribution in [0.15, 0.2) is 59.7 Å². The van der Waals surface area contributed by atoms with Gasteiger partial charge in [-0.25, -0.2) is 0 Å². The molecule has 6 nitrogen and oxygen atoms in total. The number of amidine groups is 1. The summed E-state index contributed by atoms with van der Waals surface area (Å²) in [6.45, 7) is 2.43. The molecular formula is C25H29N3O3. The van der Waals surface area contributed by atoms with E-state index in [4.69, 9.17) is 4.74 Å². The van der Waals surface area contributed by atoms with Crippen molar-refractivity contribution in [2.75, 3.05) is 19.7 Å². The topological polar surface area (TPSA) is 86.7 Å². The van der Waals surface area contributed by atoms with Gasteiger partial charge >= 0.3 is 5.97 Å². The van der Waals surface area contributed by atoms with Gasteiger partial charge in [-0.2, -0.15) is 0 Å². The molecule has 0 spiro atoms. The molecule has 2 heterocycles. The van der Waals surface area contributed by atoms with E-state index < -0.39 is 5.97 Å². The van der Waals surface area contributed by atoms with Crippen LogP contribution in [0.1, 0.15) is 49.1 Å². The Labute approximate surface area is 182 Å². The molecule has 0 fully saturated rings. The van der Waals surface area contributed by atoms with Gasteiger partial charge in [0.1, 0.15) is 5.75 Å². The van der Waals surface area contributed by atoms with Gasteiger partial charge in [-0.3, -0.25) is 9.79 Å². The van der Waals surface area contributed by atoms with Gasteiger partial charge in [-0.15, -0.1) is 0 Å². The number of aliphatic imine (C=N–C) groups is 1. The Hall–Kier alpha value is -3.28. The maximum Gasteiger partial charge on any atom is 0.304 e. The fraction of sp³-hybridized carbons (Fsp3) is 0.360. The van der Waals surface area contributed by atoms with Crippen molar-refractivity contribution in [3.8, 4) is 5.75 Å². The van der Waals surface area contributed by atoms with Gasteiger partial charge in [0.15, 0.2) is 0 Å². The zero-order valence-electron chi connectivity index (χ0n) is 17.6.